The molecule has 0 aliphatic heterocycles. The first-order valence-corrected chi connectivity index (χ1v) is 13.9. The van der Waals surface area contributed by atoms with Crippen LogP contribution >= 0.6 is 0 Å². The number of carbonyl (C=O) groups is 4. The monoisotopic (exact) mass is 566 g/mol. The van der Waals surface area contributed by atoms with Gasteiger partial charge in [-0.3, -0.25) is 19.2 Å². The Hall–Kier alpha value is -4.14. The Kier molecular flexibility index (Phi) is 11.5. The summed E-state index contributed by atoms with van der Waals surface area (Å²) in [4.78, 5) is 49.2. The second-order valence-electron chi connectivity index (χ2n) is 9.77. The van der Waals surface area contributed by atoms with Gasteiger partial charge >= 0.3 is 17.9 Å². The fraction of sp³-hybridized carbons (Fsp3) is 0.438. The van der Waals surface area contributed by atoms with Crippen molar-refractivity contribution in [2.24, 2.45) is 5.92 Å². The minimum atomic E-state index is -0.549. The van der Waals surface area contributed by atoms with E-state index in [1.807, 2.05) is 20.8 Å². The highest BCUT2D eigenvalue weighted by molar-refractivity contribution is 5.86. The van der Waals surface area contributed by atoms with Gasteiger partial charge < -0.3 is 23.7 Å². The minimum Gasteiger partial charge on any atom is -0.493 e. The van der Waals surface area contributed by atoms with E-state index in [2.05, 4.69) is 0 Å². The largest absolute Gasteiger partial charge is 0.493 e. The quantitative estimate of drug-likeness (QED) is 0.159. The van der Waals surface area contributed by atoms with E-state index in [-0.39, 0.29) is 49.3 Å². The first-order valence-electron chi connectivity index (χ1n) is 13.9. The van der Waals surface area contributed by atoms with Gasteiger partial charge in [0.25, 0.3) is 0 Å². The molecular formula is C32H38O9. The zero-order chi connectivity index (χ0) is 29.9. The third-order valence-corrected chi connectivity index (χ3v) is 6.77. The van der Waals surface area contributed by atoms with Crippen molar-refractivity contribution in [3.8, 4) is 23.0 Å². The Morgan fingerprint density at radius 3 is 1.93 bits per heavy atom. The molecule has 9 heteroatoms. The van der Waals surface area contributed by atoms with Crippen LogP contribution in [0.5, 0.6) is 23.0 Å². The van der Waals surface area contributed by atoms with E-state index in [1.165, 1.54) is 14.2 Å². The van der Waals surface area contributed by atoms with Crippen molar-refractivity contribution in [3.63, 3.8) is 0 Å². The summed E-state index contributed by atoms with van der Waals surface area (Å²) in [7, 11) is 2.95. The molecule has 1 aliphatic rings. The van der Waals surface area contributed by atoms with Crippen LogP contribution in [0.2, 0.25) is 0 Å². The van der Waals surface area contributed by atoms with Crippen LogP contribution in [0.25, 0.3) is 6.08 Å². The number of benzene rings is 2. The topological polar surface area (TPSA) is 114 Å². The Balaban J connectivity index is 2.17. The molecule has 0 amide bonds. The van der Waals surface area contributed by atoms with E-state index < -0.39 is 17.8 Å². The molecule has 9 nitrogen and oxygen atoms in total. The molecule has 41 heavy (non-hydrogen) atoms. The van der Waals surface area contributed by atoms with Crippen LogP contribution in [0, 0.1) is 5.92 Å². The van der Waals surface area contributed by atoms with Gasteiger partial charge in [-0.05, 0) is 71.9 Å². The number of hydrogen-bond donors (Lipinski definition) is 0. The molecule has 0 spiro atoms. The third-order valence-electron chi connectivity index (χ3n) is 6.77. The second kappa shape index (κ2) is 15.0. The SMILES string of the molecule is CCCC(=O)OCC1C(C=O)=Cc2cc(OC)c(OC(=O)CCC)cc2C1c1ccc(OC(=O)CCC)c(OC)c1. The number of hydrogen-bond acceptors (Lipinski definition) is 9. The Labute approximate surface area is 240 Å². The maximum absolute atomic E-state index is 12.4. The van der Waals surface area contributed by atoms with Crippen LogP contribution in [-0.2, 0) is 23.9 Å². The van der Waals surface area contributed by atoms with Gasteiger partial charge in [0.2, 0.25) is 0 Å². The molecule has 0 aromatic heterocycles. The van der Waals surface area contributed by atoms with Gasteiger partial charge in [0.1, 0.15) is 6.29 Å². The molecule has 2 unspecified atom stereocenters. The molecule has 3 rings (SSSR count). The van der Waals surface area contributed by atoms with Gasteiger partial charge in [-0.1, -0.05) is 26.8 Å². The predicted molar refractivity (Wildman–Crippen MR) is 152 cm³/mol. The molecule has 220 valence electrons. The van der Waals surface area contributed by atoms with Crippen LogP contribution in [0.15, 0.2) is 35.9 Å². The predicted octanol–water partition coefficient (Wildman–Crippen LogP) is 5.80. The van der Waals surface area contributed by atoms with E-state index in [9.17, 15) is 19.2 Å². The number of aldehydes is 1. The van der Waals surface area contributed by atoms with E-state index in [4.69, 9.17) is 23.7 Å². The molecule has 2 atom stereocenters. The average Bonchev–Trinajstić information content (AvgIpc) is 2.95. The second-order valence-corrected chi connectivity index (χ2v) is 9.77. The lowest BCUT2D eigenvalue weighted by atomic mass is 9.72. The fourth-order valence-electron chi connectivity index (χ4n) is 4.82. The Morgan fingerprint density at radius 1 is 0.756 bits per heavy atom. The third kappa shape index (κ3) is 7.74. The number of ether oxygens (including phenoxy) is 5. The summed E-state index contributed by atoms with van der Waals surface area (Å²) >= 11 is 0. The minimum absolute atomic E-state index is 0.0416. The van der Waals surface area contributed by atoms with Crippen molar-refractivity contribution in [2.45, 2.75) is 65.2 Å². The van der Waals surface area contributed by atoms with E-state index in [0.717, 1.165) is 17.4 Å². The van der Waals surface area contributed by atoms with E-state index in [0.29, 0.717) is 41.9 Å². The number of carbonyl (C=O) groups excluding carboxylic acids is 4. The van der Waals surface area contributed by atoms with Crippen LogP contribution in [-0.4, -0.2) is 45.0 Å². The number of esters is 3. The summed E-state index contributed by atoms with van der Waals surface area (Å²) < 4.78 is 27.8. The molecule has 2 aromatic rings. The maximum atomic E-state index is 12.4. The van der Waals surface area contributed by atoms with Crippen LogP contribution in [0.1, 0.15) is 81.9 Å². The Morgan fingerprint density at radius 2 is 1.34 bits per heavy atom. The normalized spacial score (nSPS) is 15.7. The van der Waals surface area contributed by atoms with Crippen LogP contribution in [0.4, 0.5) is 0 Å². The molecule has 0 saturated carbocycles. The van der Waals surface area contributed by atoms with Crippen molar-refractivity contribution in [1.29, 1.82) is 0 Å². The van der Waals surface area contributed by atoms with Gasteiger partial charge in [-0.2, -0.15) is 0 Å². The van der Waals surface area contributed by atoms with Crippen LogP contribution < -0.4 is 18.9 Å². The van der Waals surface area contributed by atoms with Crippen molar-refractivity contribution >= 4 is 30.3 Å². The summed E-state index contributed by atoms with van der Waals surface area (Å²) in [5.74, 6) is -0.992. The molecule has 0 radical (unpaired) electrons. The summed E-state index contributed by atoms with van der Waals surface area (Å²) in [6, 6.07) is 8.62. The highest BCUT2D eigenvalue weighted by Crippen LogP contribution is 2.47. The first-order chi connectivity index (χ1) is 19.8. The summed E-state index contributed by atoms with van der Waals surface area (Å²) in [6.07, 6.45) is 5.16. The highest BCUT2D eigenvalue weighted by Gasteiger charge is 2.36. The molecule has 0 N–H and O–H groups in total. The van der Waals surface area contributed by atoms with Gasteiger partial charge in [0.05, 0.1) is 20.8 Å². The molecule has 0 heterocycles. The maximum Gasteiger partial charge on any atom is 0.311 e. The van der Waals surface area contributed by atoms with E-state index >= 15 is 0 Å². The van der Waals surface area contributed by atoms with Gasteiger partial charge in [-0.25, -0.2) is 0 Å². The zero-order valence-corrected chi connectivity index (χ0v) is 24.3. The van der Waals surface area contributed by atoms with Crippen molar-refractivity contribution < 1.29 is 42.9 Å². The molecule has 0 fully saturated rings. The van der Waals surface area contributed by atoms with Crippen molar-refractivity contribution in [3.05, 3.63) is 52.6 Å². The molecule has 1 aliphatic carbocycles. The summed E-state index contributed by atoms with van der Waals surface area (Å²) in [6.45, 7) is 5.61. The number of rotatable bonds is 14. The molecule has 2 aromatic carbocycles. The highest BCUT2D eigenvalue weighted by atomic mass is 16.6. The Bertz CT molecular complexity index is 1290. The van der Waals surface area contributed by atoms with Gasteiger partial charge in [0, 0.05) is 31.1 Å². The molecule has 0 saturated heterocycles. The lowest BCUT2D eigenvalue weighted by Gasteiger charge is -2.33. The van der Waals surface area contributed by atoms with Crippen LogP contribution in [0.3, 0.4) is 0 Å². The number of fused-ring (bicyclic) bond motifs is 1. The summed E-state index contributed by atoms with van der Waals surface area (Å²) in [5.41, 5.74) is 2.59. The molecular weight excluding hydrogens is 528 g/mol. The van der Waals surface area contributed by atoms with Gasteiger partial charge in [0.15, 0.2) is 23.0 Å². The van der Waals surface area contributed by atoms with E-state index in [1.54, 1.807) is 36.4 Å². The lowest BCUT2D eigenvalue weighted by molar-refractivity contribution is -0.145. The fourth-order valence-corrected chi connectivity index (χ4v) is 4.82. The molecule has 0 bridgehead atoms. The van der Waals surface area contributed by atoms with Crippen molar-refractivity contribution in [1.82, 2.24) is 0 Å². The summed E-state index contributed by atoms with van der Waals surface area (Å²) in [5, 5.41) is 0. The number of methoxy groups -OCH3 is 2. The standard InChI is InChI=1S/C32H38O9/c1-6-9-29(34)39-19-24-22(18-33)14-21-16-27(38-5)28(41-31(36)11-8-3)17-23(21)32(24)20-12-13-25(26(15-20)37-4)40-30(35)10-7-2/h12-18,24,32H,6-11,19H2,1-5H3. The lowest BCUT2D eigenvalue weighted by Crippen LogP contribution is -2.27. The first kappa shape index (κ1) is 31.4. The average molecular weight is 567 g/mol. The zero-order valence-electron chi connectivity index (χ0n) is 24.3. The van der Waals surface area contributed by atoms with Crippen molar-refractivity contribution in [2.75, 3.05) is 20.8 Å². The van der Waals surface area contributed by atoms with Gasteiger partial charge in [-0.15, -0.1) is 0 Å². The smallest absolute Gasteiger partial charge is 0.311 e.